The molecular weight excluding hydrogens is 360 g/mol. The summed E-state index contributed by atoms with van der Waals surface area (Å²) < 4.78 is 0. The summed E-state index contributed by atoms with van der Waals surface area (Å²) in [6.07, 6.45) is 2.19. The van der Waals surface area contributed by atoms with Crippen molar-refractivity contribution < 1.29 is 14.5 Å². The first-order valence-electron chi connectivity index (χ1n) is 9.11. The SMILES string of the molecule is NC(=O)c1ccc(CN(C(=O)CCNc2ccccc2[N+](=O)[O-])C2CC2)cc1. The van der Waals surface area contributed by atoms with Gasteiger partial charge < -0.3 is 16.0 Å². The van der Waals surface area contributed by atoms with Gasteiger partial charge in [-0.15, -0.1) is 0 Å². The van der Waals surface area contributed by atoms with Crippen molar-refractivity contribution in [2.24, 2.45) is 5.73 Å². The van der Waals surface area contributed by atoms with Gasteiger partial charge in [-0.05, 0) is 36.6 Å². The van der Waals surface area contributed by atoms with Crippen LogP contribution in [0.15, 0.2) is 48.5 Å². The minimum atomic E-state index is -0.484. The second-order valence-corrected chi connectivity index (χ2v) is 6.77. The van der Waals surface area contributed by atoms with Gasteiger partial charge >= 0.3 is 0 Å². The summed E-state index contributed by atoms with van der Waals surface area (Å²) >= 11 is 0. The van der Waals surface area contributed by atoms with Crippen LogP contribution in [0.4, 0.5) is 11.4 Å². The number of primary amides is 1. The van der Waals surface area contributed by atoms with Crippen molar-refractivity contribution >= 4 is 23.2 Å². The lowest BCUT2D eigenvalue weighted by Crippen LogP contribution is -2.33. The number of hydrogen-bond acceptors (Lipinski definition) is 5. The van der Waals surface area contributed by atoms with Gasteiger partial charge in [-0.3, -0.25) is 19.7 Å². The predicted molar refractivity (Wildman–Crippen MR) is 105 cm³/mol. The number of para-hydroxylation sites is 2. The molecule has 1 saturated carbocycles. The molecular formula is C20H22N4O4. The number of rotatable bonds is 9. The predicted octanol–water partition coefficient (Wildman–Crippen LogP) is 2.69. The van der Waals surface area contributed by atoms with Gasteiger partial charge in [0.15, 0.2) is 0 Å². The number of carbonyl (C=O) groups is 2. The molecule has 2 aromatic rings. The third-order valence-electron chi connectivity index (χ3n) is 4.65. The van der Waals surface area contributed by atoms with Crippen molar-refractivity contribution in [2.45, 2.75) is 31.8 Å². The summed E-state index contributed by atoms with van der Waals surface area (Å²) in [4.78, 5) is 36.3. The molecule has 1 fully saturated rings. The summed E-state index contributed by atoms with van der Waals surface area (Å²) in [5.74, 6) is -0.490. The number of nitrogens with zero attached hydrogens (tertiary/aromatic N) is 2. The molecule has 0 aromatic heterocycles. The quantitative estimate of drug-likeness (QED) is 0.510. The molecule has 0 spiro atoms. The van der Waals surface area contributed by atoms with Crippen molar-refractivity contribution in [3.8, 4) is 0 Å². The van der Waals surface area contributed by atoms with Crippen LogP contribution in [0, 0.1) is 10.1 Å². The van der Waals surface area contributed by atoms with E-state index in [2.05, 4.69) is 5.32 Å². The second kappa shape index (κ2) is 8.51. The van der Waals surface area contributed by atoms with Crippen LogP contribution >= 0.6 is 0 Å². The lowest BCUT2D eigenvalue weighted by molar-refractivity contribution is -0.384. The Morgan fingerprint density at radius 3 is 2.43 bits per heavy atom. The van der Waals surface area contributed by atoms with E-state index in [1.807, 2.05) is 4.90 Å². The molecule has 0 unspecified atom stereocenters. The van der Waals surface area contributed by atoms with E-state index in [0.717, 1.165) is 18.4 Å². The van der Waals surface area contributed by atoms with Gasteiger partial charge in [-0.1, -0.05) is 24.3 Å². The standard InChI is InChI=1S/C20H22N4O4/c21-20(26)15-7-5-14(6-8-15)13-23(16-9-10-16)19(25)11-12-22-17-3-1-2-4-18(17)24(27)28/h1-8,16,22H,9-13H2,(H2,21,26). The van der Waals surface area contributed by atoms with Crippen molar-refractivity contribution in [1.29, 1.82) is 0 Å². The molecule has 3 rings (SSSR count). The largest absolute Gasteiger partial charge is 0.379 e. The van der Waals surface area contributed by atoms with Gasteiger partial charge in [0.1, 0.15) is 5.69 Å². The van der Waals surface area contributed by atoms with Crippen LogP contribution in [0.3, 0.4) is 0 Å². The van der Waals surface area contributed by atoms with E-state index in [1.54, 1.807) is 42.5 Å². The molecule has 2 amide bonds. The van der Waals surface area contributed by atoms with E-state index in [4.69, 9.17) is 5.73 Å². The number of nitro benzene ring substituents is 1. The molecule has 2 aromatic carbocycles. The molecule has 0 atom stereocenters. The Morgan fingerprint density at radius 1 is 1.14 bits per heavy atom. The molecule has 0 radical (unpaired) electrons. The smallest absolute Gasteiger partial charge is 0.292 e. The molecule has 0 aliphatic heterocycles. The second-order valence-electron chi connectivity index (χ2n) is 6.77. The van der Waals surface area contributed by atoms with E-state index in [-0.39, 0.29) is 24.1 Å². The average Bonchev–Trinajstić information content (AvgIpc) is 3.51. The number of nitro groups is 1. The highest BCUT2D eigenvalue weighted by atomic mass is 16.6. The Balaban J connectivity index is 1.58. The van der Waals surface area contributed by atoms with Gasteiger partial charge in [0.05, 0.1) is 4.92 Å². The molecule has 0 bridgehead atoms. The molecule has 0 heterocycles. The van der Waals surface area contributed by atoms with Crippen molar-refractivity contribution in [3.63, 3.8) is 0 Å². The normalized spacial score (nSPS) is 13.0. The Bertz CT molecular complexity index is 878. The summed E-state index contributed by atoms with van der Waals surface area (Å²) in [5.41, 5.74) is 7.00. The zero-order valence-electron chi connectivity index (χ0n) is 15.3. The fourth-order valence-electron chi connectivity index (χ4n) is 3.01. The molecule has 8 heteroatoms. The molecule has 1 aliphatic carbocycles. The van der Waals surface area contributed by atoms with Crippen LogP contribution in [0.2, 0.25) is 0 Å². The van der Waals surface area contributed by atoms with E-state index >= 15 is 0 Å². The minimum Gasteiger partial charge on any atom is -0.379 e. The van der Waals surface area contributed by atoms with Crippen LogP contribution in [0.5, 0.6) is 0 Å². The molecule has 3 N–H and O–H groups in total. The van der Waals surface area contributed by atoms with Crippen LogP contribution in [-0.2, 0) is 11.3 Å². The first-order chi connectivity index (χ1) is 13.5. The average molecular weight is 382 g/mol. The van der Waals surface area contributed by atoms with E-state index in [1.165, 1.54) is 6.07 Å². The van der Waals surface area contributed by atoms with E-state index < -0.39 is 10.8 Å². The molecule has 1 aliphatic rings. The van der Waals surface area contributed by atoms with Crippen LogP contribution in [-0.4, -0.2) is 34.2 Å². The number of nitrogens with two attached hydrogens (primary N) is 1. The van der Waals surface area contributed by atoms with Gasteiger partial charge in [-0.2, -0.15) is 0 Å². The van der Waals surface area contributed by atoms with Crippen LogP contribution < -0.4 is 11.1 Å². The summed E-state index contributed by atoms with van der Waals surface area (Å²) in [6, 6.07) is 13.5. The molecule has 0 saturated heterocycles. The maximum atomic E-state index is 12.7. The van der Waals surface area contributed by atoms with Crippen molar-refractivity contribution in [3.05, 3.63) is 69.8 Å². The maximum absolute atomic E-state index is 12.7. The van der Waals surface area contributed by atoms with E-state index in [0.29, 0.717) is 24.3 Å². The summed E-state index contributed by atoms with van der Waals surface area (Å²) in [7, 11) is 0. The number of hydrogen-bond donors (Lipinski definition) is 2. The number of anilines is 1. The van der Waals surface area contributed by atoms with Crippen molar-refractivity contribution in [2.75, 3.05) is 11.9 Å². The van der Waals surface area contributed by atoms with Crippen LogP contribution in [0.25, 0.3) is 0 Å². The summed E-state index contributed by atoms with van der Waals surface area (Å²) in [6.45, 7) is 0.779. The highest BCUT2D eigenvalue weighted by molar-refractivity contribution is 5.92. The Hall–Kier alpha value is -3.42. The zero-order chi connectivity index (χ0) is 20.1. The van der Waals surface area contributed by atoms with Crippen LogP contribution in [0.1, 0.15) is 35.2 Å². The van der Waals surface area contributed by atoms with Crippen molar-refractivity contribution in [1.82, 2.24) is 4.90 Å². The van der Waals surface area contributed by atoms with Gasteiger partial charge in [0, 0.05) is 37.2 Å². The number of benzene rings is 2. The lowest BCUT2D eigenvalue weighted by Gasteiger charge is -2.23. The fourth-order valence-corrected chi connectivity index (χ4v) is 3.01. The number of amides is 2. The Kier molecular flexibility index (Phi) is 5.88. The van der Waals surface area contributed by atoms with E-state index in [9.17, 15) is 19.7 Å². The number of nitrogens with one attached hydrogen (secondary N) is 1. The van der Waals surface area contributed by atoms with Gasteiger partial charge in [0.25, 0.3) is 5.69 Å². The maximum Gasteiger partial charge on any atom is 0.292 e. The monoisotopic (exact) mass is 382 g/mol. The first kappa shape index (κ1) is 19.3. The topological polar surface area (TPSA) is 119 Å². The third kappa shape index (κ3) is 4.85. The summed E-state index contributed by atoms with van der Waals surface area (Å²) in [5, 5.41) is 14.0. The highest BCUT2D eigenvalue weighted by Gasteiger charge is 2.32. The lowest BCUT2D eigenvalue weighted by atomic mass is 10.1. The minimum absolute atomic E-state index is 0.00689. The van der Waals surface area contributed by atoms with Gasteiger partial charge in [0.2, 0.25) is 11.8 Å². The third-order valence-corrected chi connectivity index (χ3v) is 4.65. The number of carbonyl (C=O) groups excluding carboxylic acids is 2. The fraction of sp³-hybridized carbons (Fsp3) is 0.300. The Labute approximate surface area is 162 Å². The Morgan fingerprint density at radius 2 is 1.82 bits per heavy atom. The molecule has 8 nitrogen and oxygen atoms in total. The van der Waals surface area contributed by atoms with Gasteiger partial charge in [-0.25, -0.2) is 0 Å². The molecule has 146 valence electrons. The first-order valence-corrected chi connectivity index (χ1v) is 9.11. The molecule has 28 heavy (non-hydrogen) atoms. The highest BCUT2D eigenvalue weighted by Crippen LogP contribution is 2.29. The zero-order valence-corrected chi connectivity index (χ0v) is 15.3.